The van der Waals surface area contributed by atoms with E-state index in [1.165, 1.54) is 0 Å². The van der Waals surface area contributed by atoms with Crippen molar-refractivity contribution in [2.45, 2.75) is 13.3 Å². The van der Waals surface area contributed by atoms with Crippen LogP contribution in [-0.4, -0.2) is 56.0 Å². The Kier molecular flexibility index (Phi) is 6.54. The lowest BCUT2D eigenvalue weighted by Crippen LogP contribution is -2.37. The molecule has 13 heavy (non-hydrogen) atoms. The topological polar surface area (TPSA) is 49.6 Å². The van der Waals surface area contributed by atoms with Crippen LogP contribution in [-0.2, 0) is 4.79 Å². The molecule has 0 heterocycles. The monoisotopic (exact) mass is 187 g/mol. The maximum Gasteiger partial charge on any atom is 0.236 e. The molecule has 0 unspecified atom stereocenters. The summed E-state index contributed by atoms with van der Waals surface area (Å²) in [6, 6.07) is 0. The number of hydrogen-bond donors (Lipinski definition) is 1. The van der Waals surface area contributed by atoms with E-state index in [1.807, 2.05) is 25.9 Å². The molecule has 0 atom stereocenters. The Hall–Kier alpha value is -0.610. The molecule has 0 spiro atoms. The molecule has 0 aliphatic rings. The number of carbonyl (C=O) groups excluding carboxylic acids is 1. The first-order valence-corrected chi connectivity index (χ1v) is 4.74. The van der Waals surface area contributed by atoms with Crippen LogP contribution < -0.4 is 5.73 Å². The standard InChI is InChI=1S/C9H21N3O/c1-4-12(3)9(13)8-11(2)7-5-6-10/h4-8,10H2,1-3H3. The van der Waals surface area contributed by atoms with E-state index in [4.69, 9.17) is 5.73 Å². The average molecular weight is 187 g/mol. The van der Waals surface area contributed by atoms with Crippen molar-refractivity contribution in [1.29, 1.82) is 0 Å². The fourth-order valence-electron chi connectivity index (χ4n) is 0.968. The lowest BCUT2D eigenvalue weighted by Gasteiger charge is -2.20. The number of nitrogens with two attached hydrogens (primary N) is 1. The Labute approximate surface area is 80.7 Å². The van der Waals surface area contributed by atoms with Gasteiger partial charge in [0.05, 0.1) is 6.54 Å². The molecule has 0 bridgehead atoms. The third-order valence-electron chi connectivity index (χ3n) is 2.05. The minimum Gasteiger partial charge on any atom is -0.345 e. The number of nitrogens with zero attached hydrogens (tertiary/aromatic N) is 2. The van der Waals surface area contributed by atoms with E-state index in [1.54, 1.807) is 4.90 Å². The maximum atomic E-state index is 11.4. The summed E-state index contributed by atoms with van der Waals surface area (Å²) in [6.07, 6.45) is 0.944. The fourth-order valence-corrected chi connectivity index (χ4v) is 0.968. The second kappa shape index (κ2) is 6.86. The van der Waals surface area contributed by atoms with E-state index in [9.17, 15) is 4.79 Å². The molecule has 0 saturated carbocycles. The summed E-state index contributed by atoms with van der Waals surface area (Å²) in [4.78, 5) is 15.1. The molecule has 0 rings (SSSR count). The predicted octanol–water partition coefficient (Wildman–Crippen LogP) is -0.255. The molecule has 0 aliphatic carbocycles. The highest BCUT2D eigenvalue weighted by atomic mass is 16.2. The molecule has 1 amide bonds. The van der Waals surface area contributed by atoms with E-state index >= 15 is 0 Å². The van der Waals surface area contributed by atoms with Crippen LogP contribution in [0.3, 0.4) is 0 Å². The lowest BCUT2D eigenvalue weighted by molar-refractivity contribution is -0.130. The summed E-state index contributed by atoms with van der Waals surface area (Å²) in [6.45, 7) is 4.80. The second-order valence-electron chi connectivity index (χ2n) is 3.29. The van der Waals surface area contributed by atoms with Crippen LogP contribution >= 0.6 is 0 Å². The van der Waals surface area contributed by atoms with Crippen molar-refractivity contribution in [3.05, 3.63) is 0 Å². The van der Waals surface area contributed by atoms with Gasteiger partial charge in [-0.15, -0.1) is 0 Å². The zero-order valence-electron chi connectivity index (χ0n) is 8.92. The van der Waals surface area contributed by atoms with Crippen LogP contribution in [0.1, 0.15) is 13.3 Å². The summed E-state index contributed by atoms with van der Waals surface area (Å²) in [5.41, 5.74) is 5.37. The fraction of sp³-hybridized carbons (Fsp3) is 0.889. The van der Waals surface area contributed by atoms with E-state index in [0.29, 0.717) is 13.1 Å². The van der Waals surface area contributed by atoms with Gasteiger partial charge in [0.15, 0.2) is 0 Å². The molecule has 0 radical (unpaired) electrons. The van der Waals surface area contributed by atoms with Crippen molar-refractivity contribution in [2.75, 3.05) is 40.3 Å². The van der Waals surface area contributed by atoms with E-state index in [2.05, 4.69) is 0 Å². The van der Waals surface area contributed by atoms with Crippen molar-refractivity contribution in [3.63, 3.8) is 0 Å². The molecular formula is C9H21N3O. The SMILES string of the molecule is CCN(C)C(=O)CN(C)CCCN. The number of rotatable bonds is 6. The van der Waals surface area contributed by atoms with Gasteiger partial charge in [-0.25, -0.2) is 0 Å². The number of likely N-dealkylation sites (N-methyl/N-ethyl adjacent to an activating group) is 2. The van der Waals surface area contributed by atoms with Gasteiger partial charge in [-0.05, 0) is 33.5 Å². The van der Waals surface area contributed by atoms with Crippen molar-refractivity contribution in [2.24, 2.45) is 5.73 Å². The van der Waals surface area contributed by atoms with Crippen LogP contribution in [0.4, 0.5) is 0 Å². The second-order valence-corrected chi connectivity index (χ2v) is 3.29. The van der Waals surface area contributed by atoms with Gasteiger partial charge in [-0.2, -0.15) is 0 Å². The summed E-state index contributed by atoms with van der Waals surface area (Å²) in [5.74, 6) is 0.169. The summed E-state index contributed by atoms with van der Waals surface area (Å²) >= 11 is 0. The molecule has 0 aromatic heterocycles. The maximum absolute atomic E-state index is 11.4. The molecule has 4 heteroatoms. The third kappa shape index (κ3) is 5.60. The smallest absolute Gasteiger partial charge is 0.236 e. The minimum absolute atomic E-state index is 0.169. The largest absolute Gasteiger partial charge is 0.345 e. The normalized spacial score (nSPS) is 10.5. The summed E-state index contributed by atoms with van der Waals surface area (Å²) in [5, 5.41) is 0. The first-order chi connectivity index (χ1) is 6.11. The minimum atomic E-state index is 0.169. The highest BCUT2D eigenvalue weighted by Gasteiger charge is 2.08. The van der Waals surface area contributed by atoms with Crippen molar-refractivity contribution < 1.29 is 4.79 Å². The van der Waals surface area contributed by atoms with Crippen LogP contribution in [0.5, 0.6) is 0 Å². The predicted molar refractivity (Wildman–Crippen MR) is 54.5 cm³/mol. The molecule has 4 nitrogen and oxygen atoms in total. The van der Waals surface area contributed by atoms with E-state index < -0.39 is 0 Å². The van der Waals surface area contributed by atoms with Crippen LogP contribution in [0.15, 0.2) is 0 Å². The summed E-state index contributed by atoms with van der Waals surface area (Å²) < 4.78 is 0. The summed E-state index contributed by atoms with van der Waals surface area (Å²) in [7, 11) is 3.76. The first kappa shape index (κ1) is 12.4. The van der Waals surface area contributed by atoms with Gasteiger partial charge < -0.3 is 10.6 Å². The molecule has 2 N–H and O–H groups in total. The Bertz CT molecular complexity index is 150. The van der Waals surface area contributed by atoms with Gasteiger partial charge in [0.25, 0.3) is 0 Å². The zero-order valence-corrected chi connectivity index (χ0v) is 8.92. The number of amides is 1. The Morgan fingerprint density at radius 3 is 2.46 bits per heavy atom. The first-order valence-electron chi connectivity index (χ1n) is 4.74. The molecule has 0 saturated heterocycles. The third-order valence-corrected chi connectivity index (χ3v) is 2.05. The molecule has 78 valence electrons. The lowest BCUT2D eigenvalue weighted by atomic mass is 10.4. The molecule has 0 aliphatic heterocycles. The van der Waals surface area contributed by atoms with Crippen molar-refractivity contribution in [3.8, 4) is 0 Å². The molecule has 0 aromatic carbocycles. The Morgan fingerprint density at radius 2 is 2.00 bits per heavy atom. The van der Waals surface area contributed by atoms with Crippen LogP contribution in [0, 0.1) is 0 Å². The van der Waals surface area contributed by atoms with Crippen LogP contribution in [0.25, 0.3) is 0 Å². The van der Waals surface area contributed by atoms with Gasteiger partial charge in [0.1, 0.15) is 0 Å². The van der Waals surface area contributed by atoms with E-state index in [0.717, 1.165) is 19.5 Å². The molecule has 0 fully saturated rings. The average Bonchev–Trinajstić information content (AvgIpc) is 2.13. The van der Waals surface area contributed by atoms with Crippen molar-refractivity contribution in [1.82, 2.24) is 9.80 Å². The Morgan fingerprint density at radius 1 is 1.38 bits per heavy atom. The van der Waals surface area contributed by atoms with Crippen molar-refractivity contribution >= 4 is 5.91 Å². The quantitative estimate of drug-likeness (QED) is 0.623. The molecular weight excluding hydrogens is 166 g/mol. The number of hydrogen-bond acceptors (Lipinski definition) is 3. The Balaban J connectivity index is 3.64. The van der Waals surface area contributed by atoms with Crippen LogP contribution in [0.2, 0.25) is 0 Å². The highest BCUT2D eigenvalue weighted by Crippen LogP contribution is 1.90. The van der Waals surface area contributed by atoms with E-state index in [-0.39, 0.29) is 5.91 Å². The molecule has 0 aromatic rings. The van der Waals surface area contributed by atoms with Gasteiger partial charge in [0, 0.05) is 13.6 Å². The van der Waals surface area contributed by atoms with Gasteiger partial charge in [0.2, 0.25) is 5.91 Å². The number of carbonyl (C=O) groups is 1. The van der Waals surface area contributed by atoms with Gasteiger partial charge in [-0.3, -0.25) is 9.69 Å². The zero-order chi connectivity index (χ0) is 10.3. The van der Waals surface area contributed by atoms with Gasteiger partial charge >= 0.3 is 0 Å². The highest BCUT2D eigenvalue weighted by molar-refractivity contribution is 5.77. The van der Waals surface area contributed by atoms with Gasteiger partial charge in [-0.1, -0.05) is 0 Å².